The second kappa shape index (κ2) is 29.0. The summed E-state index contributed by atoms with van der Waals surface area (Å²) in [5.41, 5.74) is 0. The van der Waals surface area contributed by atoms with Gasteiger partial charge in [-0.3, -0.25) is 0 Å². The third-order valence-corrected chi connectivity index (χ3v) is 9.67. The van der Waals surface area contributed by atoms with E-state index in [2.05, 4.69) is 4.99 Å². The average Bonchev–Trinajstić information content (AvgIpc) is 2.82. The molecule has 0 aliphatic carbocycles. The average molecular weight is 569 g/mol. The highest BCUT2D eigenvalue weighted by Gasteiger charge is 2.23. The highest BCUT2D eigenvalue weighted by molar-refractivity contribution is 7.64. The van der Waals surface area contributed by atoms with E-state index < -0.39 is 6.00 Å². The molecule has 0 spiro atoms. The molecule has 0 amide bonds. The summed E-state index contributed by atoms with van der Waals surface area (Å²) in [6, 6.07) is -1.55. The van der Waals surface area contributed by atoms with Crippen molar-refractivity contribution in [3.8, 4) is 0 Å². The highest BCUT2D eigenvalue weighted by atomic mass is 35.8. The maximum atomic E-state index is 9.97. The quantitative estimate of drug-likeness (QED) is 0.0290. The van der Waals surface area contributed by atoms with Gasteiger partial charge >= 0.3 is 6.00 Å². The zero-order valence-electron chi connectivity index (χ0n) is 22.8. The summed E-state index contributed by atoms with van der Waals surface area (Å²) in [4.78, 5) is 13.6. The fourth-order valence-electron chi connectivity index (χ4n) is 4.80. The number of nitrogens with zero attached hydrogens (tertiary/aromatic N) is 1. The number of halogens is 3. The number of unbranched alkanes of at least 4 members (excludes halogenated alkanes) is 25. The molecule has 0 radical (unpaired) electrons. The molecule has 6 heteroatoms. The first-order valence-corrected chi connectivity index (χ1v) is 20.4. The first-order valence-electron chi connectivity index (χ1n) is 15.2. The summed E-state index contributed by atoms with van der Waals surface area (Å²) in [5.74, 6) is 0. The number of aliphatic imine (C=N–C) groups is 1. The van der Waals surface area contributed by atoms with Crippen molar-refractivity contribution in [1.82, 2.24) is 0 Å². The second-order valence-corrected chi connectivity index (χ2v) is 19.8. The Kier molecular flexibility index (Phi) is 29.4. The minimum absolute atomic E-state index is 0.662. The maximum absolute atomic E-state index is 9.97. The van der Waals surface area contributed by atoms with Crippen molar-refractivity contribution in [1.29, 1.82) is 0 Å². The summed E-state index contributed by atoms with van der Waals surface area (Å²) in [6.45, 7) is 0.662. The molecule has 0 aliphatic rings. The van der Waals surface area contributed by atoms with Crippen molar-refractivity contribution in [2.45, 2.75) is 173 Å². The normalized spacial score (nSPS) is 11.6. The molecule has 0 aromatic carbocycles. The van der Waals surface area contributed by atoms with Crippen LogP contribution in [0.3, 0.4) is 0 Å². The highest BCUT2D eigenvalue weighted by Crippen LogP contribution is 2.27. The molecule has 2 nitrogen and oxygen atoms in total. The van der Waals surface area contributed by atoms with Crippen LogP contribution in [-0.2, 0) is 4.79 Å². The van der Waals surface area contributed by atoms with Gasteiger partial charge in [0.25, 0.3) is 0 Å². The maximum Gasteiger partial charge on any atom is 0.341 e. The smallest absolute Gasteiger partial charge is 0.211 e. The molecule has 0 unspecified atom stereocenters. The third kappa shape index (κ3) is 34.5. The Morgan fingerprint density at radius 3 is 0.857 bits per heavy atom. The first-order chi connectivity index (χ1) is 17.1. The summed E-state index contributed by atoms with van der Waals surface area (Å²) in [6.07, 6.45) is 37.1. The molecule has 0 N–H and O–H groups in total. The van der Waals surface area contributed by atoms with Crippen LogP contribution in [0.2, 0.25) is 6.04 Å². The Hall–Kier alpha value is 0.467. The zero-order chi connectivity index (χ0) is 25.7. The zero-order valence-corrected chi connectivity index (χ0v) is 26.1. The van der Waals surface area contributed by atoms with Gasteiger partial charge in [-0.2, -0.15) is 0 Å². The van der Waals surface area contributed by atoms with Gasteiger partial charge in [0.15, 0.2) is 0 Å². The molecule has 0 aliphatic heterocycles. The molecule has 0 saturated carbocycles. The van der Waals surface area contributed by atoms with Gasteiger partial charge in [-0.25, -0.2) is 9.79 Å². The molecule has 0 aromatic heterocycles. The summed E-state index contributed by atoms with van der Waals surface area (Å²) < 4.78 is 0. The van der Waals surface area contributed by atoms with Crippen LogP contribution in [0.15, 0.2) is 4.99 Å². The van der Waals surface area contributed by atoms with E-state index in [1.807, 2.05) is 0 Å². The molecule has 0 heterocycles. The molecule has 0 saturated heterocycles. The van der Waals surface area contributed by atoms with E-state index in [4.69, 9.17) is 33.2 Å². The number of rotatable bonds is 29. The Labute approximate surface area is 233 Å². The minimum atomic E-state index is -2.37. The standard InChI is InChI=1S/C29H56Cl3NOSi/c30-35(31,32)28-26-24-22-20-18-16-14-12-10-8-6-4-2-1-3-5-7-9-11-13-15-17-19-21-23-25-27-33-29-34/h1-28H2. The first kappa shape index (κ1) is 35.5. The van der Waals surface area contributed by atoms with Crippen LogP contribution >= 0.6 is 33.2 Å². The van der Waals surface area contributed by atoms with Crippen molar-refractivity contribution < 1.29 is 4.79 Å². The Morgan fingerprint density at radius 2 is 0.629 bits per heavy atom. The van der Waals surface area contributed by atoms with E-state index in [9.17, 15) is 4.79 Å². The van der Waals surface area contributed by atoms with Gasteiger partial charge in [-0.15, -0.1) is 33.2 Å². The van der Waals surface area contributed by atoms with E-state index in [0.717, 1.165) is 18.9 Å². The van der Waals surface area contributed by atoms with Gasteiger partial charge < -0.3 is 0 Å². The predicted molar refractivity (Wildman–Crippen MR) is 161 cm³/mol. The van der Waals surface area contributed by atoms with E-state index in [1.54, 1.807) is 6.08 Å². The fraction of sp³-hybridized carbons (Fsp3) is 0.966. The van der Waals surface area contributed by atoms with E-state index in [-0.39, 0.29) is 0 Å². The lowest BCUT2D eigenvalue weighted by Crippen LogP contribution is -2.07. The lowest BCUT2D eigenvalue weighted by molar-refractivity contribution is 0.515. The topological polar surface area (TPSA) is 29.4 Å². The van der Waals surface area contributed by atoms with E-state index in [1.165, 1.54) is 154 Å². The number of isocyanates is 1. The second-order valence-electron chi connectivity index (χ2n) is 10.5. The van der Waals surface area contributed by atoms with Gasteiger partial charge in [0.2, 0.25) is 6.08 Å². The van der Waals surface area contributed by atoms with Gasteiger partial charge in [0.05, 0.1) is 6.54 Å². The van der Waals surface area contributed by atoms with Crippen molar-refractivity contribution in [2.24, 2.45) is 4.99 Å². The molecule has 0 atom stereocenters. The molecule has 0 aromatic rings. The molecule has 0 rings (SSSR count). The minimum Gasteiger partial charge on any atom is -0.211 e. The largest absolute Gasteiger partial charge is 0.341 e. The van der Waals surface area contributed by atoms with Crippen LogP contribution in [0, 0.1) is 0 Å². The Morgan fingerprint density at radius 1 is 0.400 bits per heavy atom. The van der Waals surface area contributed by atoms with E-state index >= 15 is 0 Å². The van der Waals surface area contributed by atoms with Gasteiger partial charge in [-0.05, 0) is 12.5 Å². The van der Waals surface area contributed by atoms with Crippen LogP contribution in [0.1, 0.15) is 167 Å². The third-order valence-electron chi connectivity index (χ3n) is 7.04. The lowest BCUT2D eigenvalue weighted by atomic mass is 10.0. The van der Waals surface area contributed by atoms with E-state index in [0.29, 0.717) is 6.54 Å². The molecular weight excluding hydrogens is 513 g/mol. The van der Waals surface area contributed by atoms with Crippen molar-refractivity contribution in [3.63, 3.8) is 0 Å². The van der Waals surface area contributed by atoms with Crippen LogP contribution in [0.5, 0.6) is 0 Å². The monoisotopic (exact) mass is 567 g/mol. The number of hydrogen-bond donors (Lipinski definition) is 0. The molecule has 208 valence electrons. The van der Waals surface area contributed by atoms with Gasteiger partial charge in [0.1, 0.15) is 0 Å². The van der Waals surface area contributed by atoms with Crippen LogP contribution < -0.4 is 0 Å². The summed E-state index contributed by atoms with van der Waals surface area (Å²) in [7, 11) is 0. The SMILES string of the molecule is O=C=NCCCCCCCCCCCCCCCCCCCCCCCCCCCC[Si](Cl)(Cl)Cl. The van der Waals surface area contributed by atoms with Crippen LogP contribution in [0.4, 0.5) is 0 Å². The van der Waals surface area contributed by atoms with Crippen molar-refractivity contribution in [3.05, 3.63) is 0 Å². The Bertz CT molecular complexity index is 467. The molecule has 0 bridgehead atoms. The molecular formula is C29H56Cl3NOSi. The molecule has 35 heavy (non-hydrogen) atoms. The molecule has 0 fully saturated rings. The number of hydrogen-bond acceptors (Lipinski definition) is 2. The van der Waals surface area contributed by atoms with Gasteiger partial charge in [0, 0.05) is 0 Å². The summed E-state index contributed by atoms with van der Waals surface area (Å²) >= 11 is 17.7. The van der Waals surface area contributed by atoms with Crippen LogP contribution in [-0.4, -0.2) is 18.6 Å². The number of carbonyl (C=O) groups excluding carboxylic acids is 1. The lowest BCUT2D eigenvalue weighted by Gasteiger charge is -2.07. The summed E-state index contributed by atoms with van der Waals surface area (Å²) in [5, 5.41) is 0. The fourth-order valence-corrected chi connectivity index (χ4v) is 6.66. The Balaban J connectivity index is 3.05. The van der Waals surface area contributed by atoms with Gasteiger partial charge in [-0.1, -0.05) is 161 Å². The predicted octanol–water partition coefficient (Wildman–Crippen LogP) is 12.1. The van der Waals surface area contributed by atoms with Crippen molar-refractivity contribution in [2.75, 3.05) is 6.54 Å². The van der Waals surface area contributed by atoms with Crippen LogP contribution in [0.25, 0.3) is 0 Å². The van der Waals surface area contributed by atoms with Crippen molar-refractivity contribution >= 4 is 45.3 Å².